The number of aliphatic hydroxyl groups is 1. The number of rotatable bonds is 11. The summed E-state index contributed by atoms with van der Waals surface area (Å²) in [7, 11) is 0. The SMILES string of the molecule is CC(C)[C@H](NC(=O)[C@H](Cc1ccccc1)NC(=O)[C@@H]1CCCN1)C(=O)N[C@@H](CO)C(=O)O. The van der Waals surface area contributed by atoms with Crippen molar-refractivity contribution in [1.82, 2.24) is 21.3 Å². The lowest BCUT2D eigenvalue weighted by molar-refractivity contribution is -0.143. The number of amides is 3. The fourth-order valence-corrected chi connectivity index (χ4v) is 3.48. The summed E-state index contributed by atoms with van der Waals surface area (Å²) < 4.78 is 0. The summed E-state index contributed by atoms with van der Waals surface area (Å²) in [5, 5.41) is 29.0. The van der Waals surface area contributed by atoms with Crippen LogP contribution < -0.4 is 21.3 Å². The van der Waals surface area contributed by atoms with Crippen LogP contribution in [-0.4, -0.2) is 71.2 Å². The molecule has 2 rings (SSSR count). The first-order valence-corrected chi connectivity index (χ1v) is 10.7. The monoisotopic (exact) mass is 448 g/mol. The van der Waals surface area contributed by atoms with Gasteiger partial charge in [-0.3, -0.25) is 14.4 Å². The molecule has 10 heteroatoms. The van der Waals surface area contributed by atoms with Crippen molar-refractivity contribution >= 4 is 23.7 Å². The standard InChI is InChI=1S/C22H32N4O6/c1-13(2)18(21(30)25-17(12-27)22(31)32)26-20(29)16(11-14-7-4-3-5-8-14)24-19(28)15-9-6-10-23-15/h3-5,7-8,13,15-18,23,27H,6,9-12H2,1-2H3,(H,24,28)(H,25,30)(H,26,29)(H,31,32)/t15-,16-,17-,18-/m0/s1. The smallest absolute Gasteiger partial charge is 0.328 e. The lowest BCUT2D eigenvalue weighted by Gasteiger charge is -2.27. The van der Waals surface area contributed by atoms with Crippen LogP contribution in [0.25, 0.3) is 0 Å². The van der Waals surface area contributed by atoms with Crippen molar-refractivity contribution in [3.8, 4) is 0 Å². The van der Waals surface area contributed by atoms with E-state index in [1.807, 2.05) is 30.3 Å². The van der Waals surface area contributed by atoms with Crippen LogP contribution in [-0.2, 0) is 25.6 Å². The van der Waals surface area contributed by atoms with E-state index < -0.39 is 42.5 Å². The van der Waals surface area contributed by atoms with Gasteiger partial charge in [0.25, 0.3) is 0 Å². The lowest BCUT2D eigenvalue weighted by Crippen LogP contribution is -2.59. The molecule has 1 aliphatic heterocycles. The highest BCUT2D eigenvalue weighted by Crippen LogP contribution is 2.09. The van der Waals surface area contributed by atoms with Crippen molar-refractivity contribution in [2.75, 3.05) is 13.2 Å². The first-order chi connectivity index (χ1) is 15.2. The average molecular weight is 449 g/mol. The molecule has 1 fully saturated rings. The van der Waals surface area contributed by atoms with Crippen LogP contribution in [0.15, 0.2) is 30.3 Å². The molecular weight excluding hydrogens is 416 g/mol. The fraction of sp³-hybridized carbons (Fsp3) is 0.545. The zero-order valence-electron chi connectivity index (χ0n) is 18.3. The summed E-state index contributed by atoms with van der Waals surface area (Å²) in [6.07, 6.45) is 1.78. The highest BCUT2D eigenvalue weighted by molar-refractivity contribution is 5.94. The molecule has 0 aromatic heterocycles. The van der Waals surface area contributed by atoms with Crippen LogP contribution in [0.4, 0.5) is 0 Å². The van der Waals surface area contributed by atoms with Gasteiger partial charge in [-0.1, -0.05) is 44.2 Å². The number of hydrogen-bond acceptors (Lipinski definition) is 6. The Hall–Kier alpha value is -2.98. The van der Waals surface area contributed by atoms with E-state index >= 15 is 0 Å². The molecule has 4 atom stereocenters. The molecule has 1 aromatic rings. The van der Waals surface area contributed by atoms with Gasteiger partial charge in [-0.15, -0.1) is 0 Å². The normalized spacial score (nSPS) is 18.4. The quantitative estimate of drug-likeness (QED) is 0.258. The Bertz CT molecular complexity index is 795. The van der Waals surface area contributed by atoms with Gasteiger partial charge in [-0.05, 0) is 30.9 Å². The molecule has 0 spiro atoms. The van der Waals surface area contributed by atoms with Crippen LogP contribution in [0.2, 0.25) is 0 Å². The Kier molecular flexibility index (Phi) is 9.61. The van der Waals surface area contributed by atoms with Gasteiger partial charge in [-0.25, -0.2) is 4.79 Å². The average Bonchev–Trinajstić information content (AvgIpc) is 3.30. The van der Waals surface area contributed by atoms with E-state index in [-0.39, 0.29) is 24.3 Å². The van der Waals surface area contributed by atoms with E-state index in [2.05, 4.69) is 21.3 Å². The molecule has 1 saturated heterocycles. The minimum Gasteiger partial charge on any atom is -0.480 e. The van der Waals surface area contributed by atoms with Gasteiger partial charge in [0.1, 0.15) is 18.1 Å². The number of carboxylic acids is 1. The molecule has 0 unspecified atom stereocenters. The molecular formula is C22H32N4O6. The third-order valence-corrected chi connectivity index (χ3v) is 5.34. The number of benzene rings is 1. The predicted molar refractivity (Wildman–Crippen MR) is 117 cm³/mol. The Balaban J connectivity index is 2.14. The van der Waals surface area contributed by atoms with Gasteiger partial charge in [0, 0.05) is 6.42 Å². The second kappa shape index (κ2) is 12.2. The first kappa shape index (κ1) is 25.3. The van der Waals surface area contributed by atoms with Gasteiger partial charge >= 0.3 is 5.97 Å². The van der Waals surface area contributed by atoms with E-state index in [1.54, 1.807) is 13.8 Å². The number of aliphatic carboxylic acids is 1. The molecule has 10 nitrogen and oxygen atoms in total. The number of aliphatic hydroxyl groups excluding tert-OH is 1. The third kappa shape index (κ3) is 7.31. The third-order valence-electron chi connectivity index (χ3n) is 5.34. The topological polar surface area (TPSA) is 157 Å². The van der Waals surface area contributed by atoms with Gasteiger partial charge in [0.2, 0.25) is 17.7 Å². The van der Waals surface area contributed by atoms with Gasteiger partial charge < -0.3 is 31.5 Å². The zero-order chi connectivity index (χ0) is 23.7. The minimum atomic E-state index is -1.48. The molecule has 3 amide bonds. The first-order valence-electron chi connectivity index (χ1n) is 10.7. The summed E-state index contributed by atoms with van der Waals surface area (Å²) in [5.74, 6) is -3.30. The Labute approximate surface area is 187 Å². The molecule has 1 aromatic carbocycles. The van der Waals surface area contributed by atoms with E-state index in [4.69, 9.17) is 10.2 Å². The Morgan fingerprint density at radius 3 is 2.25 bits per heavy atom. The van der Waals surface area contributed by atoms with Crippen molar-refractivity contribution in [1.29, 1.82) is 0 Å². The van der Waals surface area contributed by atoms with Crippen LogP contribution in [0.1, 0.15) is 32.3 Å². The van der Waals surface area contributed by atoms with E-state index in [9.17, 15) is 19.2 Å². The second-order valence-corrected chi connectivity index (χ2v) is 8.21. The van der Waals surface area contributed by atoms with Crippen molar-refractivity contribution in [2.45, 2.75) is 57.3 Å². The Morgan fingerprint density at radius 1 is 1.03 bits per heavy atom. The van der Waals surface area contributed by atoms with E-state index in [0.29, 0.717) is 6.42 Å². The highest BCUT2D eigenvalue weighted by Gasteiger charge is 2.32. The maximum Gasteiger partial charge on any atom is 0.328 e. The van der Waals surface area contributed by atoms with Crippen molar-refractivity contribution in [3.63, 3.8) is 0 Å². The molecule has 0 bridgehead atoms. The number of carbonyl (C=O) groups excluding carboxylic acids is 3. The number of nitrogens with one attached hydrogen (secondary N) is 4. The summed E-state index contributed by atoms with van der Waals surface area (Å²) in [6.45, 7) is 3.36. The summed E-state index contributed by atoms with van der Waals surface area (Å²) in [6, 6.07) is 5.37. The highest BCUT2D eigenvalue weighted by atomic mass is 16.4. The van der Waals surface area contributed by atoms with Crippen LogP contribution in [0.3, 0.4) is 0 Å². The number of carbonyl (C=O) groups is 4. The van der Waals surface area contributed by atoms with Crippen molar-refractivity contribution in [2.24, 2.45) is 5.92 Å². The molecule has 1 heterocycles. The van der Waals surface area contributed by atoms with E-state index in [0.717, 1.165) is 18.5 Å². The van der Waals surface area contributed by atoms with Crippen LogP contribution >= 0.6 is 0 Å². The summed E-state index contributed by atoms with van der Waals surface area (Å²) >= 11 is 0. The minimum absolute atomic E-state index is 0.228. The fourth-order valence-electron chi connectivity index (χ4n) is 3.48. The maximum absolute atomic E-state index is 13.1. The summed E-state index contributed by atoms with van der Waals surface area (Å²) in [4.78, 5) is 49.5. The second-order valence-electron chi connectivity index (χ2n) is 8.21. The van der Waals surface area contributed by atoms with Crippen LogP contribution in [0, 0.1) is 5.92 Å². The van der Waals surface area contributed by atoms with Crippen molar-refractivity contribution < 1.29 is 29.4 Å². The molecule has 0 radical (unpaired) electrons. The molecule has 6 N–H and O–H groups in total. The molecule has 32 heavy (non-hydrogen) atoms. The number of carboxylic acid groups (broad SMARTS) is 1. The number of hydrogen-bond donors (Lipinski definition) is 6. The van der Waals surface area contributed by atoms with Crippen molar-refractivity contribution in [3.05, 3.63) is 35.9 Å². The predicted octanol–water partition coefficient (Wildman–Crippen LogP) is -0.832. The molecule has 0 saturated carbocycles. The molecule has 176 valence electrons. The van der Waals surface area contributed by atoms with E-state index in [1.165, 1.54) is 0 Å². The molecule has 0 aliphatic carbocycles. The van der Waals surface area contributed by atoms with Gasteiger partial charge in [0.15, 0.2) is 0 Å². The summed E-state index contributed by atoms with van der Waals surface area (Å²) in [5.41, 5.74) is 0.837. The van der Waals surface area contributed by atoms with Gasteiger partial charge in [-0.2, -0.15) is 0 Å². The lowest BCUT2D eigenvalue weighted by atomic mass is 10.0. The van der Waals surface area contributed by atoms with Crippen LogP contribution in [0.5, 0.6) is 0 Å². The molecule has 1 aliphatic rings. The maximum atomic E-state index is 13.1. The largest absolute Gasteiger partial charge is 0.480 e. The zero-order valence-corrected chi connectivity index (χ0v) is 18.3. The van der Waals surface area contributed by atoms with Gasteiger partial charge in [0.05, 0.1) is 12.6 Å². The Morgan fingerprint density at radius 2 is 1.72 bits per heavy atom.